The fourth-order valence-corrected chi connectivity index (χ4v) is 3.00. The van der Waals surface area contributed by atoms with E-state index < -0.39 is 12.1 Å². The lowest BCUT2D eigenvalue weighted by Crippen LogP contribution is -2.17. The van der Waals surface area contributed by atoms with Crippen LogP contribution in [0.3, 0.4) is 0 Å². The number of carbonyl (C=O) groups excluding carboxylic acids is 1. The molecule has 142 valence electrons. The van der Waals surface area contributed by atoms with Crippen LogP contribution in [0.1, 0.15) is 27.6 Å². The first-order chi connectivity index (χ1) is 14.3. The van der Waals surface area contributed by atoms with Crippen LogP contribution in [-0.4, -0.2) is 20.7 Å². The van der Waals surface area contributed by atoms with Gasteiger partial charge in [0.15, 0.2) is 6.10 Å². The number of rotatable bonds is 6. The third kappa shape index (κ3) is 4.47. The summed E-state index contributed by atoms with van der Waals surface area (Å²) in [5.41, 5.74) is 2.99. The Morgan fingerprint density at radius 3 is 2.10 bits per heavy atom. The first-order valence-corrected chi connectivity index (χ1v) is 9.24. The third-order valence-electron chi connectivity index (χ3n) is 4.40. The van der Waals surface area contributed by atoms with Crippen molar-refractivity contribution in [1.82, 2.24) is 14.8 Å². The van der Waals surface area contributed by atoms with Crippen molar-refractivity contribution in [2.45, 2.75) is 6.10 Å². The summed E-state index contributed by atoms with van der Waals surface area (Å²) >= 11 is 0. The number of esters is 1. The molecule has 5 nitrogen and oxygen atoms in total. The maximum absolute atomic E-state index is 12.9. The van der Waals surface area contributed by atoms with E-state index in [0.29, 0.717) is 11.3 Å². The van der Waals surface area contributed by atoms with E-state index in [1.54, 1.807) is 23.1 Å². The zero-order valence-electron chi connectivity index (χ0n) is 15.6. The van der Waals surface area contributed by atoms with Gasteiger partial charge in [0.1, 0.15) is 12.7 Å². The quantitative estimate of drug-likeness (QED) is 0.447. The van der Waals surface area contributed by atoms with Crippen LogP contribution in [0.15, 0.2) is 104 Å². The Balaban J connectivity index is 1.79. The molecule has 5 heteroatoms. The largest absolute Gasteiger partial charge is 0.447 e. The molecule has 0 aliphatic heterocycles. The predicted octanol–water partition coefficient (Wildman–Crippen LogP) is 4.87. The van der Waals surface area contributed by atoms with Crippen LogP contribution < -0.4 is 0 Å². The Hall–Kier alpha value is -3.99. The highest BCUT2D eigenvalue weighted by atomic mass is 16.5. The summed E-state index contributed by atoms with van der Waals surface area (Å²) in [6.45, 7) is 0. The van der Waals surface area contributed by atoms with E-state index in [-0.39, 0.29) is 0 Å². The van der Waals surface area contributed by atoms with Crippen LogP contribution in [0.2, 0.25) is 0 Å². The topological polar surface area (TPSA) is 57.0 Å². The summed E-state index contributed by atoms with van der Waals surface area (Å²) in [5.74, 6) is -0.404. The van der Waals surface area contributed by atoms with E-state index in [1.165, 1.54) is 6.33 Å². The molecule has 0 N–H and O–H groups in total. The Morgan fingerprint density at radius 2 is 1.48 bits per heavy atom. The average Bonchev–Trinajstić information content (AvgIpc) is 3.32. The van der Waals surface area contributed by atoms with Gasteiger partial charge in [-0.25, -0.2) is 14.5 Å². The fourth-order valence-electron chi connectivity index (χ4n) is 3.00. The minimum atomic E-state index is -0.661. The zero-order valence-corrected chi connectivity index (χ0v) is 15.6. The number of nitrogens with zero attached hydrogens (tertiary/aromatic N) is 3. The summed E-state index contributed by atoms with van der Waals surface area (Å²) < 4.78 is 7.61. The Bertz CT molecular complexity index is 1080. The molecular weight excluding hydrogens is 362 g/mol. The van der Waals surface area contributed by atoms with E-state index in [2.05, 4.69) is 10.1 Å². The lowest BCUT2D eigenvalue weighted by molar-refractivity contribution is 0.0399. The van der Waals surface area contributed by atoms with Crippen molar-refractivity contribution in [2.75, 3.05) is 0 Å². The molecule has 4 rings (SSSR count). The van der Waals surface area contributed by atoms with Crippen molar-refractivity contribution in [3.05, 3.63) is 120 Å². The molecule has 0 radical (unpaired) electrons. The van der Waals surface area contributed by atoms with Gasteiger partial charge in [-0.1, -0.05) is 78.9 Å². The number of hydrogen-bond donors (Lipinski definition) is 0. The first-order valence-electron chi connectivity index (χ1n) is 9.24. The first kappa shape index (κ1) is 18.4. The Kier molecular flexibility index (Phi) is 5.58. The number of ether oxygens (including phenoxy) is 1. The minimum Gasteiger partial charge on any atom is -0.447 e. The van der Waals surface area contributed by atoms with Gasteiger partial charge < -0.3 is 4.74 Å². The highest BCUT2D eigenvalue weighted by molar-refractivity contribution is 5.90. The van der Waals surface area contributed by atoms with Gasteiger partial charge in [-0.3, -0.25) is 0 Å². The van der Waals surface area contributed by atoms with Crippen molar-refractivity contribution in [3.8, 4) is 0 Å². The molecule has 1 atom stereocenters. The molecule has 0 saturated heterocycles. The molecule has 0 saturated carbocycles. The molecule has 0 spiro atoms. The second-order valence-corrected chi connectivity index (χ2v) is 6.38. The van der Waals surface area contributed by atoms with E-state index >= 15 is 0 Å². The van der Waals surface area contributed by atoms with E-state index in [0.717, 1.165) is 11.1 Å². The fraction of sp³-hybridized carbons (Fsp3) is 0.0417. The van der Waals surface area contributed by atoms with Gasteiger partial charge in [-0.2, -0.15) is 5.10 Å². The van der Waals surface area contributed by atoms with Crippen LogP contribution in [0.25, 0.3) is 11.8 Å². The van der Waals surface area contributed by atoms with E-state index in [4.69, 9.17) is 4.74 Å². The number of hydrogen-bond acceptors (Lipinski definition) is 4. The zero-order chi connectivity index (χ0) is 19.9. The molecule has 4 aromatic rings. The smallest absolute Gasteiger partial charge is 0.339 e. The molecule has 1 unspecified atom stereocenters. The van der Waals surface area contributed by atoms with Crippen molar-refractivity contribution in [1.29, 1.82) is 0 Å². The standard InChI is InChI=1S/C24H19N3O2/c28-24(21-14-8-3-9-15-21)29-23(20-12-6-2-7-13-20)22(27-18-25-17-26-27)16-19-10-4-1-5-11-19/h1-18,23H. The lowest BCUT2D eigenvalue weighted by atomic mass is 10.0. The van der Waals surface area contributed by atoms with Crippen LogP contribution in [0.4, 0.5) is 0 Å². The average molecular weight is 381 g/mol. The number of carbonyl (C=O) groups is 1. The maximum Gasteiger partial charge on any atom is 0.339 e. The van der Waals surface area contributed by atoms with Crippen LogP contribution in [0.5, 0.6) is 0 Å². The van der Waals surface area contributed by atoms with Gasteiger partial charge in [-0.15, -0.1) is 0 Å². The van der Waals surface area contributed by atoms with Gasteiger partial charge in [0.2, 0.25) is 0 Å². The molecule has 1 heterocycles. The normalized spacial score (nSPS) is 12.3. The summed E-state index contributed by atoms with van der Waals surface area (Å²) in [7, 11) is 0. The molecular formula is C24H19N3O2. The maximum atomic E-state index is 12.9. The predicted molar refractivity (Wildman–Crippen MR) is 112 cm³/mol. The van der Waals surface area contributed by atoms with Crippen LogP contribution in [-0.2, 0) is 4.74 Å². The van der Waals surface area contributed by atoms with Gasteiger partial charge in [0.25, 0.3) is 0 Å². The molecule has 0 fully saturated rings. The third-order valence-corrected chi connectivity index (χ3v) is 4.40. The number of benzene rings is 3. The monoisotopic (exact) mass is 381 g/mol. The Morgan fingerprint density at radius 1 is 0.862 bits per heavy atom. The van der Waals surface area contributed by atoms with Crippen molar-refractivity contribution in [3.63, 3.8) is 0 Å². The summed E-state index contributed by atoms with van der Waals surface area (Å²) in [4.78, 5) is 16.9. The Labute approximate surface area is 168 Å². The summed E-state index contributed by atoms with van der Waals surface area (Å²) in [5, 5.41) is 4.29. The lowest BCUT2D eigenvalue weighted by Gasteiger charge is -2.21. The minimum absolute atomic E-state index is 0.404. The van der Waals surface area contributed by atoms with E-state index in [9.17, 15) is 4.79 Å². The van der Waals surface area contributed by atoms with E-state index in [1.807, 2.05) is 84.9 Å². The second kappa shape index (κ2) is 8.80. The molecule has 3 aromatic carbocycles. The highest BCUT2D eigenvalue weighted by Crippen LogP contribution is 2.31. The van der Waals surface area contributed by atoms with Gasteiger partial charge in [0.05, 0.1) is 11.3 Å². The molecule has 29 heavy (non-hydrogen) atoms. The van der Waals surface area contributed by atoms with Gasteiger partial charge >= 0.3 is 5.97 Å². The summed E-state index contributed by atoms with van der Waals surface area (Å²) in [6.07, 6.45) is 4.34. The SMILES string of the molecule is O=C(OC(C(=Cc1ccccc1)n1cncn1)c1ccccc1)c1ccccc1. The van der Waals surface area contributed by atoms with Crippen LogP contribution in [0, 0.1) is 0 Å². The van der Waals surface area contributed by atoms with Crippen molar-refractivity contribution < 1.29 is 9.53 Å². The molecule has 0 amide bonds. The van der Waals surface area contributed by atoms with Crippen LogP contribution >= 0.6 is 0 Å². The second-order valence-electron chi connectivity index (χ2n) is 6.38. The molecule has 0 aliphatic rings. The van der Waals surface area contributed by atoms with Crippen molar-refractivity contribution >= 4 is 17.7 Å². The summed E-state index contributed by atoms with van der Waals surface area (Å²) in [6, 6.07) is 28.4. The molecule has 0 aliphatic carbocycles. The van der Waals surface area contributed by atoms with Crippen molar-refractivity contribution in [2.24, 2.45) is 0 Å². The highest BCUT2D eigenvalue weighted by Gasteiger charge is 2.24. The molecule has 1 aromatic heterocycles. The molecule has 0 bridgehead atoms. The number of aromatic nitrogens is 3. The van der Waals surface area contributed by atoms with Gasteiger partial charge in [0, 0.05) is 0 Å². The van der Waals surface area contributed by atoms with Gasteiger partial charge in [-0.05, 0) is 29.3 Å².